The maximum Gasteiger partial charge on any atom is 0.228 e. The fourth-order valence-electron chi connectivity index (χ4n) is 7.70. The highest BCUT2D eigenvalue weighted by molar-refractivity contribution is 5.90. The number of hydrogen-bond donors (Lipinski definition) is 1. The van der Waals surface area contributed by atoms with Crippen molar-refractivity contribution < 1.29 is 33.8 Å². The van der Waals surface area contributed by atoms with Crippen LogP contribution in [0.15, 0.2) is 24.4 Å². The van der Waals surface area contributed by atoms with Gasteiger partial charge in [0.1, 0.15) is 5.78 Å². The summed E-state index contributed by atoms with van der Waals surface area (Å²) in [7, 11) is 8.51. The van der Waals surface area contributed by atoms with Crippen LogP contribution < -0.4 is 0 Å². The molecule has 1 fully saturated rings. The number of methoxy groups -OCH3 is 2. The zero-order valence-electron chi connectivity index (χ0n) is 31.8. The molecule has 0 aliphatic carbocycles. The first-order valence-electron chi connectivity index (χ1n) is 18.1. The fraction of sp³-hybridized carbons (Fsp3) is 0.763. The highest BCUT2D eigenvalue weighted by Crippen LogP contribution is 2.30. The Hall–Kier alpha value is -2.73. The summed E-state index contributed by atoms with van der Waals surface area (Å²) in [5.74, 6) is -1.70. The van der Waals surface area contributed by atoms with Gasteiger partial charge in [0.05, 0.1) is 49.3 Å². The molecule has 0 bridgehead atoms. The van der Waals surface area contributed by atoms with E-state index in [0.717, 1.165) is 31.4 Å². The monoisotopic (exact) mass is 688 g/mol. The molecule has 1 saturated heterocycles. The van der Waals surface area contributed by atoms with Gasteiger partial charge in [0.2, 0.25) is 11.8 Å². The number of pyridine rings is 1. The molecule has 49 heavy (non-hydrogen) atoms. The molecule has 0 radical (unpaired) electrons. The van der Waals surface area contributed by atoms with Gasteiger partial charge in [-0.05, 0) is 63.7 Å². The molecule has 2 rings (SSSR count). The highest BCUT2D eigenvalue weighted by atomic mass is 16.5. The predicted molar refractivity (Wildman–Crippen MR) is 191 cm³/mol. The lowest BCUT2D eigenvalue weighted by Gasteiger charge is -2.40. The molecule has 278 valence electrons. The number of ether oxygens (including phenoxy) is 2. The van der Waals surface area contributed by atoms with Crippen molar-refractivity contribution in [1.82, 2.24) is 19.7 Å². The van der Waals surface area contributed by atoms with Gasteiger partial charge < -0.3 is 24.4 Å². The molecular weight excluding hydrogens is 624 g/mol. The van der Waals surface area contributed by atoms with Gasteiger partial charge in [-0.3, -0.25) is 29.1 Å². The van der Waals surface area contributed by atoms with Crippen molar-refractivity contribution in [2.45, 2.75) is 116 Å². The minimum atomic E-state index is -0.896. The minimum Gasteiger partial charge on any atom is -0.396 e. The van der Waals surface area contributed by atoms with Crippen molar-refractivity contribution in [3.05, 3.63) is 30.1 Å². The molecule has 1 N–H and O–H groups in total. The molecule has 1 aliphatic heterocycles. The lowest BCUT2D eigenvalue weighted by Crippen LogP contribution is -2.54. The molecule has 11 nitrogen and oxygen atoms in total. The number of nitrogens with zero attached hydrogens (tertiary/aromatic N) is 4. The Kier molecular flexibility index (Phi) is 18.0. The van der Waals surface area contributed by atoms with E-state index < -0.39 is 30.8 Å². The van der Waals surface area contributed by atoms with Crippen molar-refractivity contribution in [3.8, 4) is 0 Å². The number of likely N-dealkylation sites (tertiary alicyclic amines) is 1. The third-order valence-electron chi connectivity index (χ3n) is 10.5. The van der Waals surface area contributed by atoms with E-state index in [-0.39, 0.29) is 66.1 Å². The van der Waals surface area contributed by atoms with E-state index in [1.54, 1.807) is 32.4 Å². The van der Waals surface area contributed by atoms with Crippen LogP contribution in [0.3, 0.4) is 0 Å². The number of Topliss-reactive ketones (excluding diaryl/α,β-unsaturated/α-hetero) is 2. The molecule has 0 spiro atoms. The van der Waals surface area contributed by atoms with Crippen LogP contribution in [0, 0.1) is 23.7 Å². The van der Waals surface area contributed by atoms with Gasteiger partial charge in [0.25, 0.3) is 0 Å². The molecule has 2 amide bonds. The number of aliphatic hydroxyl groups is 1. The molecule has 1 aromatic heterocycles. The van der Waals surface area contributed by atoms with Crippen molar-refractivity contribution >= 4 is 23.4 Å². The first kappa shape index (κ1) is 42.4. The van der Waals surface area contributed by atoms with Crippen LogP contribution in [0.1, 0.15) is 85.3 Å². The molecule has 11 heteroatoms. The topological polar surface area (TPSA) is 130 Å². The predicted octanol–water partition coefficient (Wildman–Crippen LogP) is 4.05. The van der Waals surface area contributed by atoms with Gasteiger partial charge in [0.15, 0.2) is 5.78 Å². The summed E-state index contributed by atoms with van der Waals surface area (Å²) in [4.78, 5) is 64.0. The largest absolute Gasteiger partial charge is 0.396 e. The zero-order valence-corrected chi connectivity index (χ0v) is 31.8. The molecule has 2 heterocycles. The molecular formula is C38H64N4O7. The number of likely N-dealkylation sites (N-methyl/N-ethyl adjacent to an activating group) is 2. The maximum atomic E-state index is 14.0. The summed E-state index contributed by atoms with van der Waals surface area (Å²) in [5.41, 5.74) is 0.957. The van der Waals surface area contributed by atoms with E-state index in [0.29, 0.717) is 19.4 Å². The molecule has 1 aromatic rings. The molecule has 8 atom stereocenters. The van der Waals surface area contributed by atoms with E-state index in [2.05, 4.69) is 4.98 Å². The van der Waals surface area contributed by atoms with Crippen LogP contribution in [-0.2, 0) is 35.1 Å². The van der Waals surface area contributed by atoms with E-state index in [9.17, 15) is 24.3 Å². The second kappa shape index (κ2) is 20.8. The first-order chi connectivity index (χ1) is 23.2. The van der Waals surface area contributed by atoms with E-state index in [4.69, 9.17) is 9.47 Å². The SMILES string of the molecule is CC[C@H](C)[C@@H]([C@@H](CC(=O)N1CCC[C@H]1[C@H](OC)[C@@H](C)C(=O)CCCc1ccccn1)OC)N(C)C(=O)[C@H](CO)CC(=O)[C@H](C(C)C)N(C)C. The van der Waals surface area contributed by atoms with Crippen LogP contribution >= 0.6 is 0 Å². The fourth-order valence-corrected chi connectivity index (χ4v) is 7.70. The average molecular weight is 689 g/mol. The van der Waals surface area contributed by atoms with Gasteiger partial charge in [0, 0.05) is 58.5 Å². The maximum absolute atomic E-state index is 14.0. The van der Waals surface area contributed by atoms with Crippen molar-refractivity contribution in [3.63, 3.8) is 0 Å². The Morgan fingerprint density at radius 2 is 1.71 bits per heavy atom. The zero-order chi connectivity index (χ0) is 36.8. The number of ketones is 2. The average Bonchev–Trinajstić information content (AvgIpc) is 3.56. The highest BCUT2D eigenvalue weighted by Gasteiger charge is 2.42. The Morgan fingerprint density at radius 3 is 2.24 bits per heavy atom. The van der Waals surface area contributed by atoms with Crippen LogP contribution in [0.5, 0.6) is 0 Å². The number of rotatable bonds is 22. The van der Waals surface area contributed by atoms with Gasteiger partial charge in [-0.25, -0.2) is 0 Å². The van der Waals surface area contributed by atoms with E-state index in [1.807, 2.05) is 76.7 Å². The lowest BCUT2D eigenvalue weighted by atomic mass is 9.87. The summed E-state index contributed by atoms with van der Waals surface area (Å²) in [6.07, 6.45) is 4.76. The van der Waals surface area contributed by atoms with Crippen molar-refractivity contribution in [2.24, 2.45) is 23.7 Å². The third-order valence-corrected chi connectivity index (χ3v) is 10.5. The van der Waals surface area contributed by atoms with E-state index >= 15 is 0 Å². The molecule has 0 saturated carbocycles. The second-order valence-electron chi connectivity index (χ2n) is 14.4. The lowest BCUT2D eigenvalue weighted by molar-refractivity contribution is -0.149. The minimum absolute atomic E-state index is 0.0308. The normalized spacial score (nSPS) is 19.3. The summed E-state index contributed by atoms with van der Waals surface area (Å²) < 4.78 is 11.9. The van der Waals surface area contributed by atoms with Gasteiger partial charge in [-0.1, -0.05) is 47.1 Å². The van der Waals surface area contributed by atoms with Gasteiger partial charge in [-0.15, -0.1) is 0 Å². The first-order valence-corrected chi connectivity index (χ1v) is 18.1. The molecule has 0 unspecified atom stereocenters. The van der Waals surface area contributed by atoms with Gasteiger partial charge >= 0.3 is 0 Å². The van der Waals surface area contributed by atoms with Crippen molar-refractivity contribution in [1.29, 1.82) is 0 Å². The quantitative estimate of drug-likeness (QED) is 0.192. The number of carbonyl (C=O) groups is 4. The van der Waals surface area contributed by atoms with Crippen LogP contribution in [-0.4, -0.2) is 127 Å². The van der Waals surface area contributed by atoms with Crippen LogP contribution in [0.4, 0.5) is 0 Å². The van der Waals surface area contributed by atoms with Crippen LogP contribution in [0.25, 0.3) is 0 Å². The number of aryl methyl sites for hydroxylation is 1. The number of aliphatic hydroxyl groups excluding tert-OH is 1. The summed E-state index contributed by atoms with van der Waals surface area (Å²) >= 11 is 0. The Morgan fingerprint density at radius 1 is 1.02 bits per heavy atom. The number of amides is 2. The molecule has 1 aliphatic rings. The summed E-state index contributed by atoms with van der Waals surface area (Å²) in [6, 6.07) is 4.69. The molecule has 0 aromatic carbocycles. The number of hydrogen-bond acceptors (Lipinski definition) is 9. The smallest absolute Gasteiger partial charge is 0.228 e. The Bertz CT molecular complexity index is 1170. The summed E-state index contributed by atoms with van der Waals surface area (Å²) in [5, 5.41) is 10.3. The second-order valence-corrected chi connectivity index (χ2v) is 14.4. The number of carbonyl (C=O) groups excluding carboxylic acids is 4. The standard InChI is InChI=1S/C38H64N4O7/c1-11-26(4)36(41(8)38(47)28(24-43)22-32(45)35(25(2)3)40(6)7)33(48-9)23-34(46)42-21-15-18-30(42)37(49-10)27(5)31(44)19-14-17-29-16-12-13-20-39-29/h12-13,16,20,25-28,30,33,35-37,43H,11,14-15,17-19,21-24H2,1-10H3/t26-,27-,28-,30-,33+,35-,36-,37+/m0/s1. The third kappa shape index (κ3) is 11.7. The van der Waals surface area contributed by atoms with Crippen LogP contribution in [0.2, 0.25) is 0 Å². The van der Waals surface area contributed by atoms with E-state index in [1.165, 1.54) is 0 Å². The van der Waals surface area contributed by atoms with Gasteiger partial charge in [-0.2, -0.15) is 0 Å². The number of aromatic nitrogens is 1. The summed E-state index contributed by atoms with van der Waals surface area (Å²) in [6.45, 7) is 9.97. The Balaban J connectivity index is 2.18. The van der Waals surface area contributed by atoms with Crippen molar-refractivity contribution in [2.75, 3.05) is 48.5 Å². The Labute approximate surface area is 295 Å².